The van der Waals surface area contributed by atoms with Crippen LogP contribution in [-0.2, 0) is 0 Å². The molecular weight excluding hydrogens is 264 g/mol. The SMILES string of the molecule is Cc1nccc(C(O)c2cc3cc(Cl)ccc3o2)n1. The van der Waals surface area contributed by atoms with Gasteiger partial charge in [0.2, 0.25) is 0 Å². The van der Waals surface area contributed by atoms with E-state index in [1.54, 1.807) is 43.5 Å². The Balaban J connectivity index is 2.04. The van der Waals surface area contributed by atoms with Gasteiger partial charge in [-0.15, -0.1) is 0 Å². The van der Waals surface area contributed by atoms with E-state index < -0.39 is 6.10 Å². The first-order valence-electron chi connectivity index (χ1n) is 5.80. The number of fused-ring (bicyclic) bond motifs is 1. The van der Waals surface area contributed by atoms with Crippen LogP contribution in [0.3, 0.4) is 0 Å². The Hall–Kier alpha value is -1.91. The minimum Gasteiger partial charge on any atom is -0.458 e. The number of nitrogens with zero attached hydrogens (tertiary/aromatic N) is 2. The number of benzene rings is 1. The number of aliphatic hydroxyl groups excluding tert-OH is 1. The Kier molecular flexibility index (Phi) is 2.97. The summed E-state index contributed by atoms with van der Waals surface area (Å²) in [6, 6.07) is 8.75. The van der Waals surface area contributed by atoms with Gasteiger partial charge in [-0.05, 0) is 37.3 Å². The molecule has 19 heavy (non-hydrogen) atoms. The van der Waals surface area contributed by atoms with Crippen molar-refractivity contribution in [3.8, 4) is 0 Å². The van der Waals surface area contributed by atoms with Gasteiger partial charge < -0.3 is 9.52 Å². The van der Waals surface area contributed by atoms with Gasteiger partial charge in [0, 0.05) is 16.6 Å². The average Bonchev–Trinajstić information content (AvgIpc) is 2.80. The lowest BCUT2D eigenvalue weighted by atomic mass is 10.2. The first kappa shape index (κ1) is 12.1. The van der Waals surface area contributed by atoms with Gasteiger partial charge in [-0.2, -0.15) is 0 Å². The zero-order valence-electron chi connectivity index (χ0n) is 10.2. The van der Waals surface area contributed by atoms with Crippen molar-refractivity contribution >= 4 is 22.6 Å². The third kappa shape index (κ3) is 2.32. The monoisotopic (exact) mass is 274 g/mol. The van der Waals surface area contributed by atoms with Crippen molar-refractivity contribution in [3.63, 3.8) is 0 Å². The van der Waals surface area contributed by atoms with Gasteiger partial charge in [-0.1, -0.05) is 11.6 Å². The van der Waals surface area contributed by atoms with Gasteiger partial charge in [0.1, 0.15) is 17.2 Å². The highest BCUT2D eigenvalue weighted by Crippen LogP contribution is 2.28. The van der Waals surface area contributed by atoms with Gasteiger partial charge in [-0.25, -0.2) is 9.97 Å². The Morgan fingerprint density at radius 3 is 2.89 bits per heavy atom. The molecule has 0 amide bonds. The fourth-order valence-electron chi connectivity index (χ4n) is 1.94. The first-order chi connectivity index (χ1) is 9.13. The van der Waals surface area contributed by atoms with Crippen molar-refractivity contribution in [2.45, 2.75) is 13.0 Å². The van der Waals surface area contributed by atoms with Crippen LogP contribution >= 0.6 is 11.6 Å². The number of aryl methyl sites for hydroxylation is 1. The summed E-state index contributed by atoms with van der Waals surface area (Å²) in [6.45, 7) is 1.77. The van der Waals surface area contributed by atoms with Crippen LogP contribution in [-0.4, -0.2) is 15.1 Å². The van der Waals surface area contributed by atoms with Crippen LogP contribution in [0.15, 0.2) is 40.9 Å². The Morgan fingerprint density at radius 2 is 2.11 bits per heavy atom. The number of hydrogen-bond donors (Lipinski definition) is 1. The molecule has 0 aliphatic carbocycles. The van der Waals surface area contributed by atoms with Crippen molar-refractivity contribution in [2.24, 2.45) is 0 Å². The molecule has 0 saturated carbocycles. The van der Waals surface area contributed by atoms with Gasteiger partial charge >= 0.3 is 0 Å². The zero-order valence-corrected chi connectivity index (χ0v) is 10.9. The van der Waals surface area contributed by atoms with Crippen molar-refractivity contribution in [3.05, 3.63) is 58.8 Å². The maximum Gasteiger partial charge on any atom is 0.154 e. The van der Waals surface area contributed by atoms with E-state index in [0.717, 1.165) is 5.39 Å². The molecular formula is C14H11ClN2O2. The predicted octanol–water partition coefficient (Wildman–Crippen LogP) is 3.27. The molecule has 3 aromatic rings. The quantitative estimate of drug-likeness (QED) is 0.779. The van der Waals surface area contributed by atoms with E-state index in [4.69, 9.17) is 16.0 Å². The molecule has 2 heterocycles. The van der Waals surface area contributed by atoms with E-state index >= 15 is 0 Å². The first-order valence-corrected chi connectivity index (χ1v) is 6.18. The van der Waals surface area contributed by atoms with Gasteiger partial charge in [-0.3, -0.25) is 0 Å². The molecule has 0 fully saturated rings. The summed E-state index contributed by atoms with van der Waals surface area (Å²) in [5.41, 5.74) is 1.20. The molecule has 0 bridgehead atoms. The lowest BCUT2D eigenvalue weighted by molar-refractivity contribution is 0.187. The highest BCUT2D eigenvalue weighted by molar-refractivity contribution is 6.31. The van der Waals surface area contributed by atoms with Crippen LogP contribution in [0.2, 0.25) is 5.02 Å². The smallest absolute Gasteiger partial charge is 0.154 e. The van der Waals surface area contributed by atoms with Gasteiger partial charge in [0.05, 0.1) is 5.69 Å². The fourth-order valence-corrected chi connectivity index (χ4v) is 2.12. The molecule has 2 aromatic heterocycles. The van der Waals surface area contributed by atoms with E-state index in [-0.39, 0.29) is 0 Å². The molecule has 1 aromatic carbocycles. The second kappa shape index (κ2) is 4.64. The van der Waals surface area contributed by atoms with Crippen LogP contribution in [0.4, 0.5) is 0 Å². The Morgan fingerprint density at radius 1 is 1.26 bits per heavy atom. The molecule has 1 N–H and O–H groups in total. The van der Waals surface area contributed by atoms with Crippen molar-refractivity contribution in [1.29, 1.82) is 0 Å². The second-order valence-electron chi connectivity index (χ2n) is 4.26. The maximum absolute atomic E-state index is 10.3. The average molecular weight is 275 g/mol. The largest absolute Gasteiger partial charge is 0.458 e. The van der Waals surface area contributed by atoms with Crippen LogP contribution in [0.1, 0.15) is 23.4 Å². The van der Waals surface area contributed by atoms with E-state index in [1.807, 2.05) is 0 Å². The molecule has 0 saturated heterocycles. The summed E-state index contributed by atoms with van der Waals surface area (Å²) in [7, 11) is 0. The minimum absolute atomic E-state index is 0.440. The number of aliphatic hydroxyl groups is 1. The Labute approximate surface area is 114 Å². The standard InChI is InChI=1S/C14H11ClN2O2/c1-8-16-5-4-11(17-8)14(18)13-7-9-6-10(15)2-3-12(9)19-13/h2-7,14,18H,1H3. The molecule has 0 spiro atoms. The zero-order chi connectivity index (χ0) is 13.4. The summed E-state index contributed by atoms with van der Waals surface area (Å²) >= 11 is 5.92. The number of aromatic nitrogens is 2. The lowest BCUT2D eigenvalue weighted by Gasteiger charge is -2.06. The molecule has 0 radical (unpaired) electrons. The molecule has 1 unspecified atom stereocenters. The topological polar surface area (TPSA) is 59.2 Å². The van der Waals surface area contributed by atoms with Crippen molar-refractivity contribution in [2.75, 3.05) is 0 Å². The maximum atomic E-state index is 10.3. The summed E-state index contributed by atoms with van der Waals surface area (Å²) in [5.74, 6) is 1.05. The predicted molar refractivity (Wildman–Crippen MR) is 72.1 cm³/mol. The minimum atomic E-state index is -0.909. The number of hydrogen-bond acceptors (Lipinski definition) is 4. The van der Waals surface area contributed by atoms with Gasteiger partial charge in [0.25, 0.3) is 0 Å². The summed E-state index contributed by atoms with van der Waals surface area (Å²) in [6.07, 6.45) is 0.702. The third-order valence-corrected chi connectivity index (χ3v) is 3.08. The summed E-state index contributed by atoms with van der Waals surface area (Å²) in [5, 5.41) is 11.8. The fraction of sp³-hybridized carbons (Fsp3) is 0.143. The molecule has 4 nitrogen and oxygen atoms in total. The molecule has 3 rings (SSSR count). The molecule has 0 aliphatic heterocycles. The summed E-state index contributed by atoms with van der Waals surface area (Å²) in [4.78, 5) is 8.19. The molecule has 5 heteroatoms. The third-order valence-electron chi connectivity index (χ3n) is 2.84. The van der Waals surface area contributed by atoms with Crippen LogP contribution in [0.25, 0.3) is 11.0 Å². The van der Waals surface area contributed by atoms with E-state index in [0.29, 0.717) is 27.9 Å². The van der Waals surface area contributed by atoms with Crippen LogP contribution in [0.5, 0.6) is 0 Å². The van der Waals surface area contributed by atoms with E-state index in [9.17, 15) is 5.11 Å². The normalized spacial score (nSPS) is 12.8. The molecule has 96 valence electrons. The van der Waals surface area contributed by atoms with E-state index in [1.165, 1.54) is 0 Å². The van der Waals surface area contributed by atoms with E-state index in [2.05, 4.69) is 9.97 Å². The van der Waals surface area contributed by atoms with Crippen molar-refractivity contribution < 1.29 is 9.52 Å². The summed E-state index contributed by atoms with van der Waals surface area (Å²) < 4.78 is 5.61. The van der Waals surface area contributed by atoms with Crippen molar-refractivity contribution in [1.82, 2.24) is 9.97 Å². The highest BCUT2D eigenvalue weighted by Gasteiger charge is 2.17. The Bertz CT molecular complexity index is 739. The number of halogens is 1. The molecule has 0 aliphatic rings. The van der Waals surface area contributed by atoms with Crippen LogP contribution in [0, 0.1) is 6.92 Å². The lowest BCUT2D eigenvalue weighted by Crippen LogP contribution is -2.02. The van der Waals surface area contributed by atoms with Crippen LogP contribution < -0.4 is 0 Å². The highest BCUT2D eigenvalue weighted by atomic mass is 35.5. The van der Waals surface area contributed by atoms with Gasteiger partial charge in [0.15, 0.2) is 6.10 Å². The molecule has 1 atom stereocenters. The number of rotatable bonds is 2. The second-order valence-corrected chi connectivity index (χ2v) is 4.70. The number of furan rings is 1.